The zero-order valence-electron chi connectivity index (χ0n) is 19.2. The number of benzene rings is 2. The van der Waals surface area contributed by atoms with E-state index in [-0.39, 0.29) is 24.2 Å². The summed E-state index contributed by atoms with van der Waals surface area (Å²) in [6.45, 7) is 2.98. The molecule has 0 radical (unpaired) electrons. The van der Waals surface area contributed by atoms with Crippen LogP contribution in [0, 0.1) is 23.6 Å². The van der Waals surface area contributed by atoms with Crippen LogP contribution in [0.1, 0.15) is 44.5 Å². The molecule has 2 saturated carbocycles. The summed E-state index contributed by atoms with van der Waals surface area (Å²) in [5.41, 5.74) is 0. The average Bonchev–Trinajstić information content (AvgIpc) is 3.57. The van der Waals surface area contributed by atoms with Crippen LogP contribution in [0.4, 0.5) is 4.39 Å². The lowest BCUT2D eigenvalue weighted by Gasteiger charge is -2.30. The number of halogens is 2. The van der Waals surface area contributed by atoms with Gasteiger partial charge in [-0.25, -0.2) is 4.39 Å². The quantitative estimate of drug-likeness (QED) is 0.225. The number of para-hydroxylation sites is 1. The SMILES string of the molecule is CC(C1CC2CCC1C2)n1c(COc2ccccc2F)nnc1SCCOc1cccc(Cl)c1. The molecular weight excluding hydrogens is 473 g/mol. The zero-order chi connectivity index (χ0) is 23.5. The van der Waals surface area contributed by atoms with Gasteiger partial charge in [0.1, 0.15) is 12.4 Å². The van der Waals surface area contributed by atoms with E-state index in [1.165, 1.54) is 31.7 Å². The van der Waals surface area contributed by atoms with Gasteiger partial charge in [-0.3, -0.25) is 4.57 Å². The van der Waals surface area contributed by atoms with Gasteiger partial charge in [-0.1, -0.05) is 48.0 Å². The molecule has 2 fully saturated rings. The molecule has 0 spiro atoms. The maximum Gasteiger partial charge on any atom is 0.191 e. The minimum Gasteiger partial charge on any atom is -0.493 e. The van der Waals surface area contributed by atoms with Crippen LogP contribution in [0.5, 0.6) is 11.5 Å². The fourth-order valence-electron chi connectivity index (χ4n) is 5.54. The van der Waals surface area contributed by atoms with Crippen molar-refractivity contribution in [2.75, 3.05) is 12.4 Å². The zero-order valence-corrected chi connectivity index (χ0v) is 20.8. The van der Waals surface area contributed by atoms with Crippen molar-refractivity contribution in [2.24, 2.45) is 17.8 Å². The molecular formula is C26H29ClFN3O2S. The second kappa shape index (κ2) is 10.6. The molecule has 8 heteroatoms. The highest BCUT2D eigenvalue weighted by atomic mass is 35.5. The number of rotatable bonds is 10. The lowest BCUT2D eigenvalue weighted by atomic mass is 9.84. The van der Waals surface area contributed by atoms with Crippen molar-refractivity contribution in [1.82, 2.24) is 14.8 Å². The number of fused-ring (bicyclic) bond motifs is 2. The van der Waals surface area contributed by atoms with Gasteiger partial charge < -0.3 is 9.47 Å². The first-order chi connectivity index (χ1) is 16.6. The Kier molecular flexibility index (Phi) is 7.30. The van der Waals surface area contributed by atoms with Crippen molar-refractivity contribution in [1.29, 1.82) is 0 Å². The molecule has 5 nitrogen and oxygen atoms in total. The Morgan fingerprint density at radius 1 is 1.12 bits per heavy atom. The molecule has 1 heterocycles. The summed E-state index contributed by atoms with van der Waals surface area (Å²) >= 11 is 7.67. The van der Waals surface area contributed by atoms with Crippen LogP contribution in [0.25, 0.3) is 0 Å². The van der Waals surface area contributed by atoms with Crippen LogP contribution in [-0.2, 0) is 6.61 Å². The molecule has 2 aliphatic carbocycles. The predicted molar refractivity (Wildman–Crippen MR) is 132 cm³/mol. The summed E-state index contributed by atoms with van der Waals surface area (Å²) in [5, 5.41) is 10.5. The van der Waals surface area contributed by atoms with E-state index in [1.54, 1.807) is 30.0 Å². The van der Waals surface area contributed by atoms with Crippen molar-refractivity contribution in [3.63, 3.8) is 0 Å². The Hall–Kier alpha value is -2.25. The van der Waals surface area contributed by atoms with Crippen molar-refractivity contribution in [3.05, 3.63) is 65.2 Å². The smallest absolute Gasteiger partial charge is 0.191 e. The van der Waals surface area contributed by atoms with Gasteiger partial charge in [0, 0.05) is 16.8 Å². The minimum absolute atomic E-state index is 0.179. The number of ether oxygens (including phenoxy) is 2. The van der Waals surface area contributed by atoms with E-state index in [2.05, 4.69) is 21.7 Å². The summed E-state index contributed by atoms with van der Waals surface area (Å²) in [6, 6.07) is 14.1. The first kappa shape index (κ1) is 23.5. The van der Waals surface area contributed by atoms with Crippen molar-refractivity contribution in [3.8, 4) is 11.5 Å². The van der Waals surface area contributed by atoms with E-state index in [9.17, 15) is 4.39 Å². The Bertz CT molecular complexity index is 1130. The number of aromatic nitrogens is 3. The van der Waals surface area contributed by atoms with Crippen LogP contribution in [0.15, 0.2) is 53.7 Å². The van der Waals surface area contributed by atoms with Crippen LogP contribution in [-0.4, -0.2) is 27.1 Å². The monoisotopic (exact) mass is 501 g/mol. The van der Waals surface area contributed by atoms with Crippen LogP contribution < -0.4 is 9.47 Å². The maximum absolute atomic E-state index is 14.1. The van der Waals surface area contributed by atoms with E-state index in [4.69, 9.17) is 21.1 Å². The highest BCUT2D eigenvalue weighted by Crippen LogP contribution is 2.52. The van der Waals surface area contributed by atoms with E-state index in [0.29, 0.717) is 17.5 Å². The van der Waals surface area contributed by atoms with Crippen LogP contribution in [0.3, 0.4) is 0 Å². The number of thioether (sulfide) groups is 1. The number of hydrogen-bond donors (Lipinski definition) is 0. The number of nitrogens with zero attached hydrogens (tertiary/aromatic N) is 3. The summed E-state index contributed by atoms with van der Waals surface area (Å²) in [4.78, 5) is 0. The molecule has 4 atom stereocenters. The fourth-order valence-corrected chi connectivity index (χ4v) is 6.58. The van der Waals surface area contributed by atoms with Crippen molar-refractivity contribution in [2.45, 2.75) is 50.4 Å². The van der Waals surface area contributed by atoms with Crippen LogP contribution >= 0.6 is 23.4 Å². The lowest BCUT2D eigenvalue weighted by Crippen LogP contribution is -2.24. The van der Waals surface area contributed by atoms with Gasteiger partial charge in [-0.05, 0) is 74.3 Å². The third-order valence-electron chi connectivity index (χ3n) is 7.13. The molecule has 0 aliphatic heterocycles. The Morgan fingerprint density at radius 2 is 2.00 bits per heavy atom. The van der Waals surface area contributed by atoms with Gasteiger partial charge in [0.25, 0.3) is 0 Å². The van der Waals surface area contributed by atoms with Gasteiger partial charge in [-0.15, -0.1) is 10.2 Å². The lowest BCUT2D eigenvalue weighted by molar-refractivity contribution is 0.215. The second-order valence-corrected chi connectivity index (χ2v) is 10.7. The van der Waals surface area contributed by atoms with Gasteiger partial charge in [0.2, 0.25) is 0 Å². The highest BCUT2D eigenvalue weighted by Gasteiger charge is 2.43. The van der Waals surface area contributed by atoms with Gasteiger partial charge in [0.15, 0.2) is 22.5 Å². The van der Waals surface area contributed by atoms with Crippen molar-refractivity contribution < 1.29 is 13.9 Å². The average molecular weight is 502 g/mol. The first-order valence-corrected chi connectivity index (χ1v) is 13.3. The van der Waals surface area contributed by atoms with E-state index in [0.717, 1.165) is 34.3 Å². The normalized spacial score (nSPS) is 22.1. The Morgan fingerprint density at radius 3 is 2.76 bits per heavy atom. The summed E-state index contributed by atoms with van der Waals surface area (Å²) in [5.74, 6) is 4.31. The molecule has 0 amide bonds. The van der Waals surface area contributed by atoms with Crippen LogP contribution in [0.2, 0.25) is 5.02 Å². The Balaban J connectivity index is 1.29. The molecule has 34 heavy (non-hydrogen) atoms. The van der Waals surface area contributed by atoms with E-state index in [1.807, 2.05) is 24.3 Å². The molecule has 1 aromatic heterocycles. The molecule has 2 bridgehead atoms. The summed E-state index contributed by atoms with van der Waals surface area (Å²) < 4.78 is 27.9. The molecule has 3 aromatic rings. The van der Waals surface area contributed by atoms with Crippen molar-refractivity contribution >= 4 is 23.4 Å². The fraction of sp³-hybridized carbons (Fsp3) is 0.462. The third kappa shape index (κ3) is 5.20. The van der Waals surface area contributed by atoms with Gasteiger partial charge >= 0.3 is 0 Å². The minimum atomic E-state index is -0.373. The maximum atomic E-state index is 14.1. The van der Waals surface area contributed by atoms with E-state index < -0.39 is 0 Å². The Labute approximate surface area is 209 Å². The topological polar surface area (TPSA) is 49.2 Å². The standard InChI is InChI=1S/C26H29ClFN3O2S/c1-17(22-14-18-9-10-19(22)13-18)31-25(16-33-24-8-3-2-7-23(24)28)29-30-26(31)34-12-11-32-21-6-4-5-20(27)15-21/h2-8,15,17-19,22H,9-14,16H2,1H3. The molecule has 0 saturated heterocycles. The predicted octanol–water partition coefficient (Wildman–Crippen LogP) is 6.82. The third-order valence-corrected chi connectivity index (χ3v) is 8.27. The molecule has 2 aliphatic rings. The first-order valence-electron chi connectivity index (χ1n) is 11.9. The molecule has 4 unspecified atom stereocenters. The molecule has 5 rings (SSSR count). The largest absolute Gasteiger partial charge is 0.493 e. The summed E-state index contributed by atoms with van der Waals surface area (Å²) in [6.07, 6.45) is 5.29. The molecule has 180 valence electrons. The van der Waals surface area contributed by atoms with Gasteiger partial charge in [-0.2, -0.15) is 0 Å². The highest BCUT2D eigenvalue weighted by molar-refractivity contribution is 7.99. The molecule has 0 N–H and O–H groups in total. The van der Waals surface area contributed by atoms with E-state index >= 15 is 0 Å². The second-order valence-electron chi connectivity index (χ2n) is 9.22. The summed E-state index contributed by atoms with van der Waals surface area (Å²) in [7, 11) is 0. The molecule has 2 aromatic carbocycles. The number of hydrogen-bond acceptors (Lipinski definition) is 5. The van der Waals surface area contributed by atoms with Gasteiger partial charge in [0.05, 0.1) is 6.61 Å².